The van der Waals surface area contributed by atoms with E-state index >= 15 is 0 Å². The van der Waals surface area contributed by atoms with Crippen LogP contribution in [0.3, 0.4) is 0 Å². The molecular weight excluding hydrogens is 204 g/mol. The van der Waals surface area contributed by atoms with Crippen molar-refractivity contribution in [2.75, 3.05) is 0 Å². The summed E-state index contributed by atoms with van der Waals surface area (Å²) in [5.41, 5.74) is 2.22. The smallest absolute Gasteiger partial charge is 0.306 e. The first-order chi connectivity index (χ1) is 7.66. The second kappa shape index (κ2) is 3.07. The molecule has 0 saturated heterocycles. The van der Waals surface area contributed by atoms with Crippen LogP contribution < -0.4 is 5.69 Å². The molecule has 0 atom stereocenters. The number of carbonyl (C=O) groups excluding carboxylic acids is 1. The minimum absolute atomic E-state index is 0.0157. The first-order valence-corrected chi connectivity index (χ1v) is 5.42. The number of hydrogen-bond acceptors (Lipinski definition) is 2. The molecular formula is C12H12N2O2. The van der Waals surface area contributed by atoms with Gasteiger partial charge in [0.1, 0.15) is 0 Å². The third kappa shape index (κ3) is 1.30. The predicted molar refractivity (Wildman–Crippen MR) is 60.8 cm³/mol. The van der Waals surface area contributed by atoms with Crippen LogP contribution in [0.15, 0.2) is 23.0 Å². The number of H-pyrrole nitrogens is 1. The molecule has 4 heteroatoms. The minimum atomic E-state index is -0.0711. The van der Waals surface area contributed by atoms with E-state index in [1.807, 2.05) is 6.07 Å². The summed E-state index contributed by atoms with van der Waals surface area (Å²) in [4.78, 5) is 25.8. The van der Waals surface area contributed by atoms with Crippen molar-refractivity contribution < 1.29 is 4.79 Å². The molecule has 0 amide bonds. The van der Waals surface area contributed by atoms with Gasteiger partial charge in [-0.2, -0.15) is 0 Å². The maximum Gasteiger partial charge on any atom is 0.326 e. The van der Waals surface area contributed by atoms with Crippen molar-refractivity contribution in [1.82, 2.24) is 9.55 Å². The zero-order valence-electron chi connectivity index (χ0n) is 8.99. The molecule has 0 radical (unpaired) electrons. The van der Waals surface area contributed by atoms with E-state index in [4.69, 9.17) is 0 Å². The van der Waals surface area contributed by atoms with Crippen molar-refractivity contribution in [3.8, 4) is 0 Å². The number of aromatic amines is 1. The molecule has 0 unspecified atom stereocenters. The summed E-state index contributed by atoms with van der Waals surface area (Å²) in [6.07, 6.45) is 2.14. The number of nitrogens with one attached hydrogen (secondary N) is 1. The summed E-state index contributed by atoms with van der Waals surface area (Å²) in [6.45, 7) is 1.52. The maximum absolute atomic E-state index is 11.7. The number of rotatable bonds is 2. The summed E-state index contributed by atoms with van der Waals surface area (Å²) >= 11 is 0. The SMILES string of the molecule is CC(=O)c1ccc2c(c1)[nH]c(=O)n2C1CC1. The largest absolute Gasteiger partial charge is 0.326 e. The zero-order valence-corrected chi connectivity index (χ0v) is 8.99. The number of ketones is 1. The van der Waals surface area contributed by atoms with Gasteiger partial charge in [-0.05, 0) is 38.0 Å². The summed E-state index contributed by atoms with van der Waals surface area (Å²) in [7, 11) is 0. The Bertz CT molecular complexity index is 632. The van der Waals surface area contributed by atoms with Gasteiger partial charge in [0.25, 0.3) is 0 Å². The number of fused-ring (bicyclic) bond motifs is 1. The summed E-state index contributed by atoms with van der Waals surface area (Å²) in [5.74, 6) is 0.0157. The van der Waals surface area contributed by atoms with Gasteiger partial charge in [-0.1, -0.05) is 0 Å². The Labute approximate surface area is 91.9 Å². The van der Waals surface area contributed by atoms with Gasteiger partial charge < -0.3 is 4.98 Å². The Balaban J connectivity index is 2.27. The number of hydrogen-bond donors (Lipinski definition) is 1. The van der Waals surface area contributed by atoms with Crippen LogP contribution in [0, 0.1) is 0 Å². The lowest BCUT2D eigenvalue weighted by molar-refractivity contribution is 0.101. The van der Waals surface area contributed by atoms with Crippen LogP contribution in [0.5, 0.6) is 0 Å². The Morgan fingerprint density at radius 1 is 1.44 bits per heavy atom. The van der Waals surface area contributed by atoms with Gasteiger partial charge in [-0.15, -0.1) is 0 Å². The van der Waals surface area contributed by atoms with Crippen molar-refractivity contribution in [2.24, 2.45) is 0 Å². The number of imidazole rings is 1. The van der Waals surface area contributed by atoms with Crippen LogP contribution in [0.1, 0.15) is 36.2 Å². The van der Waals surface area contributed by atoms with Crippen LogP contribution in [0.25, 0.3) is 11.0 Å². The van der Waals surface area contributed by atoms with E-state index in [9.17, 15) is 9.59 Å². The van der Waals surface area contributed by atoms with E-state index in [2.05, 4.69) is 4.98 Å². The zero-order chi connectivity index (χ0) is 11.3. The third-order valence-electron chi connectivity index (χ3n) is 3.04. The normalized spacial score (nSPS) is 15.6. The molecule has 1 saturated carbocycles. The highest BCUT2D eigenvalue weighted by Gasteiger charge is 2.27. The lowest BCUT2D eigenvalue weighted by atomic mass is 10.1. The van der Waals surface area contributed by atoms with Gasteiger partial charge in [-0.25, -0.2) is 4.79 Å². The molecule has 1 aromatic heterocycles. The molecule has 4 nitrogen and oxygen atoms in total. The van der Waals surface area contributed by atoms with Crippen molar-refractivity contribution in [2.45, 2.75) is 25.8 Å². The van der Waals surface area contributed by atoms with Crippen LogP contribution in [-0.4, -0.2) is 15.3 Å². The molecule has 2 aromatic rings. The second-order valence-electron chi connectivity index (χ2n) is 4.32. The lowest BCUT2D eigenvalue weighted by Gasteiger charge is -2.00. The fourth-order valence-corrected chi connectivity index (χ4v) is 2.05. The van der Waals surface area contributed by atoms with Gasteiger partial charge in [-0.3, -0.25) is 9.36 Å². The van der Waals surface area contributed by atoms with E-state index < -0.39 is 0 Å². The third-order valence-corrected chi connectivity index (χ3v) is 3.04. The van der Waals surface area contributed by atoms with Gasteiger partial charge in [0.05, 0.1) is 11.0 Å². The Hall–Kier alpha value is -1.84. The Kier molecular flexibility index (Phi) is 1.80. The fraction of sp³-hybridized carbons (Fsp3) is 0.333. The summed E-state index contributed by atoms with van der Waals surface area (Å²) in [6, 6.07) is 5.72. The van der Waals surface area contributed by atoms with Crippen molar-refractivity contribution in [3.63, 3.8) is 0 Å². The van der Waals surface area contributed by atoms with Gasteiger partial charge in [0.2, 0.25) is 0 Å². The van der Waals surface area contributed by atoms with E-state index in [1.54, 1.807) is 16.7 Å². The average Bonchev–Trinajstić information content (AvgIpc) is 3.00. The summed E-state index contributed by atoms with van der Waals surface area (Å²) in [5, 5.41) is 0. The fourth-order valence-electron chi connectivity index (χ4n) is 2.05. The lowest BCUT2D eigenvalue weighted by Crippen LogP contribution is -2.14. The molecule has 1 N–H and O–H groups in total. The summed E-state index contributed by atoms with van der Waals surface area (Å²) < 4.78 is 1.79. The number of nitrogens with zero attached hydrogens (tertiary/aromatic N) is 1. The molecule has 0 aliphatic heterocycles. The molecule has 1 fully saturated rings. The van der Waals surface area contributed by atoms with Crippen molar-refractivity contribution in [1.29, 1.82) is 0 Å². The minimum Gasteiger partial charge on any atom is -0.306 e. The molecule has 3 rings (SSSR count). The van der Waals surface area contributed by atoms with Gasteiger partial charge >= 0.3 is 5.69 Å². The van der Waals surface area contributed by atoms with Crippen LogP contribution in [0.2, 0.25) is 0 Å². The number of aromatic nitrogens is 2. The van der Waals surface area contributed by atoms with Crippen LogP contribution in [-0.2, 0) is 0 Å². The van der Waals surface area contributed by atoms with E-state index in [1.165, 1.54) is 6.92 Å². The second-order valence-corrected chi connectivity index (χ2v) is 4.32. The van der Waals surface area contributed by atoms with Crippen molar-refractivity contribution >= 4 is 16.8 Å². The highest BCUT2D eigenvalue weighted by Crippen LogP contribution is 2.35. The molecule has 0 bridgehead atoms. The number of benzene rings is 1. The standard InChI is InChI=1S/C12H12N2O2/c1-7(15)8-2-5-11-10(6-8)13-12(16)14(11)9-3-4-9/h2,5-6,9H,3-4H2,1H3,(H,13,16). The van der Waals surface area contributed by atoms with Crippen LogP contribution >= 0.6 is 0 Å². The highest BCUT2D eigenvalue weighted by molar-refractivity contribution is 5.97. The quantitative estimate of drug-likeness (QED) is 0.779. The highest BCUT2D eigenvalue weighted by atomic mass is 16.1. The average molecular weight is 216 g/mol. The van der Waals surface area contributed by atoms with Gasteiger partial charge in [0.15, 0.2) is 5.78 Å². The van der Waals surface area contributed by atoms with E-state index in [-0.39, 0.29) is 11.5 Å². The van der Waals surface area contributed by atoms with E-state index in [0.717, 1.165) is 23.9 Å². The Morgan fingerprint density at radius 2 is 2.19 bits per heavy atom. The molecule has 1 aliphatic rings. The maximum atomic E-state index is 11.7. The number of carbonyl (C=O) groups is 1. The molecule has 1 aliphatic carbocycles. The Morgan fingerprint density at radius 3 is 2.81 bits per heavy atom. The first-order valence-electron chi connectivity index (χ1n) is 5.42. The predicted octanol–water partition coefficient (Wildman–Crippen LogP) is 1.87. The monoisotopic (exact) mass is 216 g/mol. The molecule has 82 valence electrons. The molecule has 1 aromatic carbocycles. The van der Waals surface area contributed by atoms with Crippen molar-refractivity contribution in [3.05, 3.63) is 34.2 Å². The van der Waals surface area contributed by atoms with E-state index in [0.29, 0.717) is 11.6 Å². The topological polar surface area (TPSA) is 54.9 Å². The molecule has 1 heterocycles. The van der Waals surface area contributed by atoms with Crippen LogP contribution in [0.4, 0.5) is 0 Å². The van der Waals surface area contributed by atoms with Gasteiger partial charge in [0, 0.05) is 11.6 Å². The molecule has 16 heavy (non-hydrogen) atoms. The molecule has 0 spiro atoms. The number of Topliss-reactive ketones (excluding diaryl/α,β-unsaturated/α-hetero) is 1. The first kappa shape index (κ1) is 9.39.